The van der Waals surface area contributed by atoms with Gasteiger partial charge >= 0.3 is 5.97 Å². The molecule has 0 unspecified atom stereocenters. The Balaban J connectivity index is 1.55. The van der Waals surface area contributed by atoms with E-state index in [4.69, 9.17) is 4.74 Å². The minimum Gasteiger partial charge on any atom is -0.469 e. The van der Waals surface area contributed by atoms with E-state index in [1.807, 2.05) is 0 Å². The molecule has 0 aromatic heterocycles. The van der Waals surface area contributed by atoms with Gasteiger partial charge in [0.25, 0.3) is 0 Å². The number of hydrogen-bond donors (Lipinski definition) is 3. The molecule has 4 fully saturated rings. The number of aliphatic hydroxyl groups is 3. The molecule has 0 heterocycles. The molecule has 0 amide bonds. The molecule has 4 aliphatic rings. The van der Waals surface area contributed by atoms with Crippen LogP contribution >= 0.6 is 0 Å². The lowest BCUT2D eigenvalue weighted by atomic mass is 9.43. The Morgan fingerprint density at radius 3 is 2.47 bits per heavy atom. The van der Waals surface area contributed by atoms with Gasteiger partial charge in [0.05, 0.1) is 25.4 Å². The van der Waals surface area contributed by atoms with Crippen LogP contribution in [0.25, 0.3) is 0 Å². The van der Waals surface area contributed by atoms with Gasteiger partial charge in [-0.25, -0.2) is 0 Å². The summed E-state index contributed by atoms with van der Waals surface area (Å²) in [5.74, 6) is 2.67. The molecular formula is C25H42O5. The van der Waals surface area contributed by atoms with Crippen molar-refractivity contribution in [3.05, 3.63) is 0 Å². The van der Waals surface area contributed by atoms with Crippen LogP contribution in [-0.2, 0) is 9.53 Å². The van der Waals surface area contributed by atoms with Crippen molar-refractivity contribution in [1.82, 2.24) is 0 Å². The summed E-state index contributed by atoms with van der Waals surface area (Å²) in [7, 11) is 1.45. The second kappa shape index (κ2) is 8.04. The van der Waals surface area contributed by atoms with Crippen LogP contribution in [0.2, 0.25) is 0 Å². The average Bonchev–Trinajstić information content (AvgIpc) is 3.07. The maximum Gasteiger partial charge on any atom is 0.305 e. The zero-order valence-corrected chi connectivity index (χ0v) is 19.2. The second-order valence-electron chi connectivity index (χ2n) is 11.6. The smallest absolute Gasteiger partial charge is 0.305 e. The lowest BCUT2D eigenvalue weighted by molar-refractivity contribution is -0.191. The van der Waals surface area contributed by atoms with Crippen molar-refractivity contribution in [3.8, 4) is 0 Å². The highest BCUT2D eigenvalue weighted by Gasteiger charge is 2.64. The van der Waals surface area contributed by atoms with E-state index in [0.29, 0.717) is 54.8 Å². The van der Waals surface area contributed by atoms with E-state index in [2.05, 4.69) is 20.8 Å². The lowest BCUT2D eigenvalue weighted by Crippen LogP contribution is -2.60. The van der Waals surface area contributed by atoms with Crippen LogP contribution in [0.3, 0.4) is 0 Å². The summed E-state index contributed by atoms with van der Waals surface area (Å²) in [6.45, 7) is 6.89. The van der Waals surface area contributed by atoms with Crippen LogP contribution in [0.4, 0.5) is 0 Å². The van der Waals surface area contributed by atoms with Crippen LogP contribution in [-0.4, -0.2) is 46.7 Å². The van der Waals surface area contributed by atoms with Crippen LogP contribution < -0.4 is 0 Å². The van der Waals surface area contributed by atoms with Crippen molar-refractivity contribution in [3.63, 3.8) is 0 Å². The monoisotopic (exact) mass is 422 g/mol. The fourth-order valence-corrected chi connectivity index (χ4v) is 8.85. The molecule has 0 aromatic rings. The van der Waals surface area contributed by atoms with Crippen LogP contribution in [0.15, 0.2) is 0 Å². The molecule has 0 saturated heterocycles. The van der Waals surface area contributed by atoms with Gasteiger partial charge in [0, 0.05) is 6.42 Å². The summed E-state index contributed by atoms with van der Waals surface area (Å²) in [6.07, 6.45) is 6.50. The highest BCUT2D eigenvalue weighted by Crippen LogP contribution is 2.68. The van der Waals surface area contributed by atoms with E-state index in [1.54, 1.807) is 0 Å². The van der Waals surface area contributed by atoms with E-state index < -0.39 is 12.2 Å². The molecule has 0 bridgehead atoms. The molecule has 172 valence electrons. The molecule has 4 aliphatic carbocycles. The fourth-order valence-electron chi connectivity index (χ4n) is 8.85. The molecule has 3 N–H and O–H groups in total. The highest BCUT2D eigenvalue weighted by atomic mass is 16.5. The zero-order valence-electron chi connectivity index (χ0n) is 19.2. The second-order valence-corrected chi connectivity index (χ2v) is 11.6. The predicted molar refractivity (Wildman–Crippen MR) is 114 cm³/mol. The number of methoxy groups -OCH3 is 1. The van der Waals surface area contributed by atoms with Crippen molar-refractivity contribution in [2.24, 2.45) is 46.3 Å². The molecule has 11 atom stereocenters. The van der Waals surface area contributed by atoms with Crippen LogP contribution in [0, 0.1) is 46.3 Å². The summed E-state index contributed by atoms with van der Waals surface area (Å²) < 4.78 is 4.84. The molecule has 30 heavy (non-hydrogen) atoms. The van der Waals surface area contributed by atoms with Gasteiger partial charge in [-0.3, -0.25) is 4.79 Å². The van der Waals surface area contributed by atoms with Crippen molar-refractivity contribution in [2.45, 2.75) is 96.9 Å². The van der Waals surface area contributed by atoms with E-state index in [1.165, 1.54) is 13.5 Å². The van der Waals surface area contributed by atoms with Gasteiger partial charge in [-0.2, -0.15) is 0 Å². The van der Waals surface area contributed by atoms with Crippen molar-refractivity contribution in [2.75, 3.05) is 7.11 Å². The third-order valence-corrected chi connectivity index (χ3v) is 10.6. The Labute approximate surface area is 181 Å². The van der Waals surface area contributed by atoms with Gasteiger partial charge in [-0.05, 0) is 97.7 Å². The topological polar surface area (TPSA) is 87.0 Å². The first kappa shape index (κ1) is 22.5. The maximum atomic E-state index is 11.7. The summed E-state index contributed by atoms with van der Waals surface area (Å²) in [5, 5.41) is 32.2. The number of carbonyl (C=O) groups is 1. The van der Waals surface area contributed by atoms with E-state index in [-0.39, 0.29) is 22.9 Å². The first-order valence-corrected chi connectivity index (χ1v) is 12.2. The summed E-state index contributed by atoms with van der Waals surface area (Å²) >= 11 is 0. The molecule has 4 saturated carbocycles. The Hall–Kier alpha value is -0.650. The summed E-state index contributed by atoms with van der Waals surface area (Å²) in [5.41, 5.74) is -0.0782. The molecule has 5 heteroatoms. The number of ether oxygens (including phenoxy) is 1. The molecule has 5 nitrogen and oxygen atoms in total. The molecule has 0 aliphatic heterocycles. The van der Waals surface area contributed by atoms with Crippen molar-refractivity contribution >= 4 is 5.97 Å². The Morgan fingerprint density at radius 1 is 1.03 bits per heavy atom. The van der Waals surface area contributed by atoms with Crippen LogP contribution in [0.5, 0.6) is 0 Å². The minimum atomic E-state index is -0.634. The molecule has 0 radical (unpaired) electrons. The number of esters is 1. The molecule has 4 rings (SSSR count). The largest absolute Gasteiger partial charge is 0.469 e. The SMILES string of the molecule is COC(=O)CC[C@@H](C)[C@H]1CC[C@H]2[C@@H]3CC[C@@H]4C[C@H](O)[C@@H](O)C[C@]4(C)[C@H]3C[C@H](O)[C@]12C. The van der Waals surface area contributed by atoms with E-state index >= 15 is 0 Å². The molecular weight excluding hydrogens is 380 g/mol. The quantitative estimate of drug-likeness (QED) is 0.603. The molecule has 0 aromatic carbocycles. The van der Waals surface area contributed by atoms with Gasteiger partial charge in [0.15, 0.2) is 0 Å². The number of aliphatic hydroxyl groups excluding tert-OH is 3. The lowest BCUT2D eigenvalue weighted by Gasteiger charge is -2.63. The van der Waals surface area contributed by atoms with Gasteiger partial charge in [0.2, 0.25) is 0 Å². The van der Waals surface area contributed by atoms with E-state index in [0.717, 1.165) is 32.1 Å². The number of carbonyl (C=O) groups excluding carboxylic acids is 1. The van der Waals surface area contributed by atoms with Gasteiger partial charge in [-0.1, -0.05) is 20.8 Å². The predicted octanol–water partition coefficient (Wildman–Crippen LogP) is 3.54. The van der Waals surface area contributed by atoms with Gasteiger partial charge in [0.1, 0.15) is 0 Å². The highest BCUT2D eigenvalue weighted by molar-refractivity contribution is 5.69. The van der Waals surface area contributed by atoms with Crippen LogP contribution in [0.1, 0.15) is 78.6 Å². The summed E-state index contributed by atoms with van der Waals surface area (Å²) in [4.78, 5) is 11.7. The van der Waals surface area contributed by atoms with Gasteiger partial charge < -0.3 is 20.1 Å². The standard InChI is InChI=1S/C25H42O5/c1-14(5-10-23(29)30-4)17-8-9-18-16-7-6-15-11-20(26)21(27)13-24(15,2)19(16)12-22(28)25(17,18)3/h14-22,26-28H,5-13H2,1-4H3/t14-,15-,16+,17-,18+,19+,20+,21+,22+,24+,25-/m1/s1. The fraction of sp³-hybridized carbons (Fsp3) is 0.960. The third-order valence-electron chi connectivity index (χ3n) is 10.6. The Morgan fingerprint density at radius 2 is 1.77 bits per heavy atom. The van der Waals surface area contributed by atoms with Gasteiger partial charge in [-0.15, -0.1) is 0 Å². The normalized spacial score (nSPS) is 51.4. The first-order chi connectivity index (χ1) is 14.1. The van der Waals surface area contributed by atoms with Crippen molar-refractivity contribution < 1.29 is 24.9 Å². The third kappa shape index (κ3) is 3.34. The summed E-state index contributed by atoms with van der Waals surface area (Å²) in [6, 6.07) is 0. The number of rotatable bonds is 4. The number of fused-ring (bicyclic) bond motifs is 5. The van der Waals surface area contributed by atoms with Crippen molar-refractivity contribution in [1.29, 1.82) is 0 Å². The minimum absolute atomic E-state index is 0.0124. The Bertz CT molecular complexity index is 651. The Kier molecular flexibility index (Phi) is 6.04. The zero-order chi connectivity index (χ0) is 21.8. The first-order valence-electron chi connectivity index (χ1n) is 12.2. The average molecular weight is 423 g/mol. The number of hydrogen-bond acceptors (Lipinski definition) is 5. The maximum absolute atomic E-state index is 11.7. The molecule has 0 spiro atoms. The van der Waals surface area contributed by atoms with E-state index in [9.17, 15) is 20.1 Å².